The summed E-state index contributed by atoms with van der Waals surface area (Å²) in [6, 6.07) is 0.328. The van der Waals surface area contributed by atoms with Crippen molar-refractivity contribution in [3.63, 3.8) is 0 Å². The minimum absolute atomic E-state index is 0. The molecule has 0 radical (unpaired) electrons. The summed E-state index contributed by atoms with van der Waals surface area (Å²) in [5.41, 5.74) is 0.194. The molecule has 0 aromatic rings. The highest BCUT2D eigenvalue weighted by atomic mass is 127. The molecule has 0 aliphatic carbocycles. The van der Waals surface area contributed by atoms with Crippen LogP contribution >= 0.6 is 35.7 Å². The molecule has 1 amide bonds. The molecule has 0 saturated carbocycles. The van der Waals surface area contributed by atoms with E-state index >= 15 is 0 Å². The Morgan fingerprint density at radius 1 is 1.28 bits per heavy atom. The number of rotatable bonds is 5. The van der Waals surface area contributed by atoms with Gasteiger partial charge in [-0.25, -0.2) is 4.79 Å². The van der Waals surface area contributed by atoms with Crippen LogP contribution in [0.1, 0.15) is 26.2 Å². The minimum atomic E-state index is -0.199. The van der Waals surface area contributed by atoms with Gasteiger partial charge in [-0.15, -0.1) is 24.0 Å². The van der Waals surface area contributed by atoms with E-state index in [1.54, 1.807) is 4.90 Å². The van der Waals surface area contributed by atoms with Crippen molar-refractivity contribution in [1.29, 1.82) is 0 Å². The number of ether oxygens (including phenoxy) is 2. The van der Waals surface area contributed by atoms with E-state index in [4.69, 9.17) is 9.47 Å². The van der Waals surface area contributed by atoms with E-state index in [1.165, 1.54) is 12.2 Å². The second-order valence-corrected chi connectivity index (χ2v) is 8.76. The smallest absolute Gasteiger partial charge is 0.409 e. The summed E-state index contributed by atoms with van der Waals surface area (Å²) in [5.74, 6) is 3.24. The first-order chi connectivity index (χ1) is 13.7. The van der Waals surface area contributed by atoms with Gasteiger partial charge in [0.2, 0.25) is 0 Å². The number of nitrogens with zero attached hydrogens (tertiary/aromatic N) is 3. The van der Waals surface area contributed by atoms with Gasteiger partial charge in [-0.1, -0.05) is 0 Å². The molecule has 10 heteroatoms. The first-order valence-corrected chi connectivity index (χ1v) is 11.6. The molecule has 29 heavy (non-hydrogen) atoms. The van der Waals surface area contributed by atoms with E-state index in [9.17, 15) is 4.79 Å². The summed E-state index contributed by atoms with van der Waals surface area (Å²) < 4.78 is 10.6. The first-order valence-electron chi connectivity index (χ1n) is 10.5. The molecule has 168 valence electrons. The maximum atomic E-state index is 11.9. The number of piperidine rings is 1. The standard InChI is InChI=1S/C19H35N5O3S.HI/c1-3-27-18(25)23-7-4-16(5-8-23)22-17(20-2)21-14-19(6-13-28-15-19)24-9-11-26-12-10-24;/h16H,3-15H2,1-2H3,(H2,20,21,22);1H. The van der Waals surface area contributed by atoms with E-state index in [2.05, 4.69) is 20.5 Å². The third-order valence-corrected chi connectivity index (χ3v) is 7.17. The van der Waals surface area contributed by atoms with Gasteiger partial charge in [0.1, 0.15) is 0 Å². The Hall–Kier alpha value is -0.460. The average Bonchev–Trinajstić information content (AvgIpc) is 3.22. The Labute approximate surface area is 195 Å². The molecule has 3 heterocycles. The van der Waals surface area contributed by atoms with E-state index in [-0.39, 0.29) is 35.6 Å². The molecule has 3 fully saturated rings. The Bertz CT molecular complexity index is 534. The van der Waals surface area contributed by atoms with Gasteiger partial charge in [-0.3, -0.25) is 9.89 Å². The van der Waals surface area contributed by atoms with Crippen molar-refractivity contribution in [3.8, 4) is 0 Å². The second-order valence-electron chi connectivity index (χ2n) is 7.66. The molecular weight excluding hydrogens is 505 g/mol. The molecule has 8 nitrogen and oxygen atoms in total. The number of guanidine groups is 1. The number of likely N-dealkylation sites (tertiary alicyclic amines) is 1. The number of hydrogen-bond acceptors (Lipinski definition) is 6. The van der Waals surface area contributed by atoms with Crippen molar-refractivity contribution in [2.75, 3.05) is 71.1 Å². The molecule has 0 aromatic carbocycles. The van der Waals surface area contributed by atoms with Gasteiger partial charge in [-0.05, 0) is 31.9 Å². The number of thioether (sulfide) groups is 1. The fourth-order valence-electron chi connectivity index (χ4n) is 4.19. The molecule has 3 rings (SSSR count). The lowest BCUT2D eigenvalue weighted by Crippen LogP contribution is -2.60. The number of carbonyl (C=O) groups is 1. The Balaban J connectivity index is 0.00000300. The number of amides is 1. The van der Waals surface area contributed by atoms with Crippen molar-refractivity contribution < 1.29 is 14.3 Å². The topological polar surface area (TPSA) is 78.4 Å². The molecule has 3 saturated heterocycles. The van der Waals surface area contributed by atoms with Gasteiger partial charge in [0, 0.05) is 57.1 Å². The number of hydrogen-bond donors (Lipinski definition) is 2. The highest BCUT2D eigenvalue weighted by Gasteiger charge is 2.40. The number of nitrogens with one attached hydrogen (secondary N) is 2. The molecule has 1 atom stereocenters. The van der Waals surface area contributed by atoms with Crippen molar-refractivity contribution in [1.82, 2.24) is 20.4 Å². The van der Waals surface area contributed by atoms with Gasteiger partial charge >= 0.3 is 6.09 Å². The Morgan fingerprint density at radius 2 is 2.00 bits per heavy atom. The van der Waals surface area contributed by atoms with Gasteiger partial charge in [-0.2, -0.15) is 11.8 Å². The molecule has 0 bridgehead atoms. The average molecular weight is 542 g/mol. The number of aliphatic imine (C=N–C) groups is 1. The zero-order valence-electron chi connectivity index (χ0n) is 17.7. The Morgan fingerprint density at radius 3 is 2.59 bits per heavy atom. The van der Waals surface area contributed by atoms with Crippen molar-refractivity contribution >= 4 is 47.8 Å². The van der Waals surface area contributed by atoms with Crippen molar-refractivity contribution in [2.45, 2.75) is 37.8 Å². The molecule has 3 aliphatic heterocycles. The number of morpholine rings is 1. The summed E-state index contributed by atoms with van der Waals surface area (Å²) in [6.07, 6.45) is 2.82. The lowest BCUT2D eigenvalue weighted by atomic mass is 9.95. The van der Waals surface area contributed by atoms with Gasteiger partial charge < -0.3 is 25.0 Å². The summed E-state index contributed by atoms with van der Waals surface area (Å²) in [7, 11) is 1.83. The number of carbonyl (C=O) groups excluding carboxylic acids is 1. The summed E-state index contributed by atoms with van der Waals surface area (Å²) >= 11 is 2.04. The maximum absolute atomic E-state index is 11.9. The van der Waals surface area contributed by atoms with Crippen LogP contribution < -0.4 is 10.6 Å². The van der Waals surface area contributed by atoms with Crippen molar-refractivity contribution in [3.05, 3.63) is 0 Å². The molecule has 0 aromatic heterocycles. The molecule has 0 spiro atoms. The van der Waals surface area contributed by atoms with Crippen LogP contribution in [0.15, 0.2) is 4.99 Å². The molecular formula is C19H36IN5O3S. The third-order valence-electron chi connectivity index (χ3n) is 5.93. The van der Waals surface area contributed by atoms with Gasteiger partial charge in [0.05, 0.1) is 19.8 Å². The monoisotopic (exact) mass is 541 g/mol. The van der Waals surface area contributed by atoms with Crippen LogP contribution in [0.5, 0.6) is 0 Å². The largest absolute Gasteiger partial charge is 0.450 e. The van der Waals surface area contributed by atoms with E-state index < -0.39 is 0 Å². The number of halogens is 1. The van der Waals surface area contributed by atoms with Crippen molar-refractivity contribution in [2.24, 2.45) is 4.99 Å². The zero-order chi connectivity index (χ0) is 19.8. The predicted molar refractivity (Wildman–Crippen MR) is 129 cm³/mol. The van der Waals surface area contributed by atoms with Crippen LogP contribution in [0.25, 0.3) is 0 Å². The highest BCUT2D eigenvalue weighted by molar-refractivity contribution is 14.0. The van der Waals surface area contributed by atoms with Crippen LogP contribution in [0.3, 0.4) is 0 Å². The van der Waals surface area contributed by atoms with Gasteiger partial charge in [0.25, 0.3) is 0 Å². The summed E-state index contributed by atoms with van der Waals surface area (Å²) in [4.78, 5) is 20.7. The van der Waals surface area contributed by atoms with Crippen LogP contribution in [0, 0.1) is 0 Å². The van der Waals surface area contributed by atoms with Crippen LogP contribution in [0.4, 0.5) is 4.79 Å². The third kappa shape index (κ3) is 6.76. The van der Waals surface area contributed by atoms with E-state index in [1.807, 2.05) is 25.7 Å². The molecule has 1 unspecified atom stereocenters. The van der Waals surface area contributed by atoms with Crippen LogP contribution in [-0.4, -0.2) is 105 Å². The van der Waals surface area contributed by atoms with E-state index in [0.29, 0.717) is 12.6 Å². The quantitative estimate of drug-likeness (QED) is 0.311. The normalized spacial score (nSPS) is 26.7. The fraction of sp³-hybridized carbons (Fsp3) is 0.895. The maximum Gasteiger partial charge on any atom is 0.409 e. The summed E-state index contributed by atoms with van der Waals surface area (Å²) in [6.45, 7) is 8.31. The highest BCUT2D eigenvalue weighted by Crippen LogP contribution is 2.33. The SMILES string of the molecule is CCOC(=O)N1CCC(NC(=NC)NCC2(N3CCOCC3)CCSC2)CC1.I. The Kier molecular flexibility index (Phi) is 10.6. The second kappa shape index (κ2) is 12.4. The predicted octanol–water partition coefficient (Wildman–Crippen LogP) is 1.60. The van der Waals surface area contributed by atoms with E-state index in [0.717, 1.165) is 70.5 Å². The van der Waals surface area contributed by atoms with Crippen LogP contribution in [0.2, 0.25) is 0 Å². The van der Waals surface area contributed by atoms with Crippen LogP contribution in [-0.2, 0) is 9.47 Å². The molecule has 2 N–H and O–H groups in total. The lowest BCUT2D eigenvalue weighted by Gasteiger charge is -2.43. The molecule has 3 aliphatic rings. The minimum Gasteiger partial charge on any atom is -0.450 e. The summed E-state index contributed by atoms with van der Waals surface area (Å²) in [5, 5.41) is 7.14. The fourth-order valence-corrected chi connectivity index (χ4v) is 5.67. The lowest BCUT2D eigenvalue weighted by molar-refractivity contribution is -0.0120. The zero-order valence-corrected chi connectivity index (χ0v) is 20.8. The van der Waals surface area contributed by atoms with Gasteiger partial charge in [0.15, 0.2) is 5.96 Å². The first kappa shape index (κ1) is 24.8.